The zero-order valence-corrected chi connectivity index (χ0v) is 17.1. The van der Waals surface area contributed by atoms with Gasteiger partial charge in [-0.1, -0.05) is 0 Å². The van der Waals surface area contributed by atoms with E-state index in [9.17, 15) is 4.79 Å². The van der Waals surface area contributed by atoms with E-state index >= 15 is 0 Å². The van der Waals surface area contributed by atoms with E-state index in [-0.39, 0.29) is 35.8 Å². The fourth-order valence-corrected chi connectivity index (χ4v) is 2.94. The van der Waals surface area contributed by atoms with Gasteiger partial charge in [0.15, 0.2) is 5.96 Å². The summed E-state index contributed by atoms with van der Waals surface area (Å²) >= 11 is 1.75. The lowest BCUT2D eigenvalue weighted by Crippen LogP contribution is -2.42. The summed E-state index contributed by atoms with van der Waals surface area (Å²) < 4.78 is 0. The highest BCUT2D eigenvalue weighted by Crippen LogP contribution is 2.28. The Labute approximate surface area is 159 Å². The van der Waals surface area contributed by atoms with Crippen LogP contribution in [-0.4, -0.2) is 43.5 Å². The van der Waals surface area contributed by atoms with Gasteiger partial charge in [0.05, 0.1) is 10.7 Å². The van der Waals surface area contributed by atoms with Crippen LogP contribution in [0.2, 0.25) is 0 Å². The molecule has 1 saturated carbocycles. The third-order valence-corrected chi connectivity index (χ3v) is 4.73. The maximum absolute atomic E-state index is 11.5. The van der Waals surface area contributed by atoms with Crippen LogP contribution in [0.1, 0.15) is 28.4 Å². The molecule has 23 heavy (non-hydrogen) atoms. The maximum Gasteiger partial charge on any atom is 0.223 e. The smallest absolute Gasteiger partial charge is 0.223 e. The van der Waals surface area contributed by atoms with Crippen molar-refractivity contribution < 1.29 is 4.79 Å². The molecule has 1 aromatic rings. The molecule has 0 unspecified atom stereocenters. The number of nitrogens with zero attached hydrogens (tertiary/aromatic N) is 2. The van der Waals surface area contributed by atoms with Crippen LogP contribution < -0.4 is 16.0 Å². The molecule has 6 nitrogen and oxygen atoms in total. The number of aryl methyl sites for hydroxylation is 2. The van der Waals surface area contributed by atoms with Crippen molar-refractivity contribution in [3.05, 3.63) is 15.6 Å². The van der Waals surface area contributed by atoms with Gasteiger partial charge in [-0.3, -0.25) is 9.79 Å². The normalized spacial score (nSPS) is 14.1. The lowest BCUT2D eigenvalue weighted by Gasteiger charge is -2.11. The van der Waals surface area contributed by atoms with E-state index in [0.717, 1.165) is 42.5 Å². The minimum atomic E-state index is 0. The van der Waals surface area contributed by atoms with Crippen molar-refractivity contribution in [2.24, 2.45) is 10.9 Å². The SMILES string of the molecule is CN=C(NCCNC(=O)C1CC1)NCCc1nc(C)c(C)s1.I. The summed E-state index contributed by atoms with van der Waals surface area (Å²) in [5.74, 6) is 1.20. The average molecular weight is 451 g/mol. The summed E-state index contributed by atoms with van der Waals surface area (Å²) in [4.78, 5) is 21.5. The van der Waals surface area contributed by atoms with Crippen LogP contribution in [0.15, 0.2) is 4.99 Å². The number of carbonyl (C=O) groups is 1. The molecule has 0 radical (unpaired) electrons. The second kappa shape index (κ2) is 10.1. The number of thiazole rings is 1. The molecule has 0 bridgehead atoms. The van der Waals surface area contributed by atoms with E-state index in [1.54, 1.807) is 18.4 Å². The van der Waals surface area contributed by atoms with Gasteiger partial charge >= 0.3 is 0 Å². The Bertz CT molecular complexity index is 522. The monoisotopic (exact) mass is 451 g/mol. The van der Waals surface area contributed by atoms with Gasteiger partial charge in [0.25, 0.3) is 0 Å². The first-order valence-corrected chi connectivity index (χ1v) is 8.57. The number of hydrogen-bond acceptors (Lipinski definition) is 4. The van der Waals surface area contributed by atoms with Crippen molar-refractivity contribution in [3.63, 3.8) is 0 Å². The molecule has 3 N–H and O–H groups in total. The molecule has 130 valence electrons. The number of amides is 1. The van der Waals surface area contributed by atoms with E-state index in [2.05, 4.69) is 32.9 Å². The van der Waals surface area contributed by atoms with Gasteiger partial charge in [0, 0.05) is 43.9 Å². The Kier molecular flexibility index (Phi) is 8.82. The molecule has 1 aromatic heterocycles. The van der Waals surface area contributed by atoms with Gasteiger partial charge in [-0.05, 0) is 26.7 Å². The first-order chi connectivity index (χ1) is 10.6. The largest absolute Gasteiger partial charge is 0.356 e. The standard InChI is InChI=1S/C15H25N5OS.HI/c1-10-11(2)22-13(20-10)6-7-18-15(16-3)19-9-8-17-14(21)12-4-5-12;/h12H,4-9H2,1-3H3,(H,17,21)(H2,16,18,19);1H. The van der Waals surface area contributed by atoms with Crippen LogP contribution in [-0.2, 0) is 11.2 Å². The minimum Gasteiger partial charge on any atom is -0.356 e. The highest BCUT2D eigenvalue weighted by Gasteiger charge is 2.28. The first-order valence-electron chi connectivity index (χ1n) is 7.75. The summed E-state index contributed by atoms with van der Waals surface area (Å²) in [6.07, 6.45) is 2.97. The predicted octanol–water partition coefficient (Wildman–Crippen LogP) is 1.61. The van der Waals surface area contributed by atoms with Crippen molar-refractivity contribution in [2.75, 3.05) is 26.7 Å². The van der Waals surface area contributed by atoms with Gasteiger partial charge < -0.3 is 16.0 Å². The van der Waals surface area contributed by atoms with Crippen LogP contribution in [0.4, 0.5) is 0 Å². The van der Waals surface area contributed by atoms with Crippen molar-refractivity contribution >= 4 is 47.2 Å². The van der Waals surface area contributed by atoms with Crippen LogP contribution >= 0.6 is 35.3 Å². The first kappa shape index (κ1) is 20.1. The number of aliphatic imine (C=N–C) groups is 1. The topological polar surface area (TPSA) is 78.4 Å². The molecule has 1 aliphatic rings. The molecule has 8 heteroatoms. The fraction of sp³-hybridized carbons (Fsp3) is 0.667. The van der Waals surface area contributed by atoms with E-state index in [1.807, 2.05) is 6.92 Å². The molecule has 0 aliphatic heterocycles. The third-order valence-electron chi connectivity index (χ3n) is 3.59. The van der Waals surface area contributed by atoms with Crippen LogP contribution in [0, 0.1) is 19.8 Å². The highest BCUT2D eigenvalue weighted by molar-refractivity contribution is 14.0. The zero-order valence-electron chi connectivity index (χ0n) is 13.9. The molecule has 0 saturated heterocycles. The minimum absolute atomic E-state index is 0. The molecule has 1 heterocycles. The summed E-state index contributed by atoms with van der Waals surface area (Å²) in [6.45, 7) is 6.23. The maximum atomic E-state index is 11.5. The van der Waals surface area contributed by atoms with Crippen LogP contribution in [0.3, 0.4) is 0 Å². The Hall–Kier alpha value is -0.900. The predicted molar refractivity (Wildman–Crippen MR) is 106 cm³/mol. The summed E-state index contributed by atoms with van der Waals surface area (Å²) in [5.41, 5.74) is 1.12. The summed E-state index contributed by atoms with van der Waals surface area (Å²) in [6, 6.07) is 0. The van der Waals surface area contributed by atoms with E-state index in [4.69, 9.17) is 0 Å². The van der Waals surface area contributed by atoms with E-state index < -0.39 is 0 Å². The van der Waals surface area contributed by atoms with Crippen molar-refractivity contribution in [1.29, 1.82) is 0 Å². The number of halogens is 1. The van der Waals surface area contributed by atoms with Gasteiger partial charge in [-0.15, -0.1) is 35.3 Å². The molecule has 1 fully saturated rings. The second-order valence-electron chi connectivity index (χ2n) is 5.49. The van der Waals surface area contributed by atoms with Gasteiger partial charge in [-0.2, -0.15) is 0 Å². The molecule has 0 aromatic carbocycles. The third kappa shape index (κ3) is 7.03. The second-order valence-corrected chi connectivity index (χ2v) is 6.78. The number of guanidine groups is 1. The van der Waals surface area contributed by atoms with Crippen LogP contribution in [0.5, 0.6) is 0 Å². The van der Waals surface area contributed by atoms with Gasteiger partial charge in [-0.25, -0.2) is 4.98 Å². The number of hydrogen-bond donors (Lipinski definition) is 3. The lowest BCUT2D eigenvalue weighted by atomic mass is 10.4. The Morgan fingerprint density at radius 2 is 1.87 bits per heavy atom. The fourth-order valence-electron chi connectivity index (χ4n) is 2.01. The zero-order chi connectivity index (χ0) is 15.9. The summed E-state index contributed by atoms with van der Waals surface area (Å²) in [5, 5.41) is 10.5. The Balaban J connectivity index is 0.00000264. The average Bonchev–Trinajstić information content (AvgIpc) is 3.29. The van der Waals surface area contributed by atoms with E-state index in [1.165, 1.54) is 4.88 Å². The molecule has 0 atom stereocenters. The molecular weight excluding hydrogens is 425 g/mol. The lowest BCUT2D eigenvalue weighted by molar-refractivity contribution is -0.122. The molecule has 2 rings (SSSR count). The number of aromatic nitrogens is 1. The Morgan fingerprint density at radius 3 is 2.43 bits per heavy atom. The van der Waals surface area contributed by atoms with Crippen molar-refractivity contribution in [1.82, 2.24) is 20.9 Å². The molecule has 1 aliphatic carbocycles. The van der Waals surface area contributed by atoms with Gasteiger partial charge in [0.1, 0.15) is 0 Å². The van der Waals surface area contributed by atoms with Crippen molar-refractivity contribution in [2.45, 2.75) is 33.1 Å². The molecular formula is C15H26IN5OS. The van der Waals surface area contributed by atoms with Gasteiger partial charge in [0.2, 0.25) is 5.91 Å². The van der Waals surface area contributed by atoms with E-state index in [0.29, 0.717) is 13.1 Å². The van der Waals surface area contributed by atoms with Crippen LogP contribution in [0.25, 0.3) is 0 Å². The Morgan fingerprint density at radius 1 is 1.22 bits per heavy atom. The quantitative estimate of drug-likeness (QED) is 0.255. The number of nitrogens with one attached hydrogen (secondary N) is 3. The number of carbonyl (C=O) groups excluding carboxylic acids is 1. The number of rotatable bonds is 7. The molecule has 0 spiro atoms. The summed E-state index contributed by atoms with van der Waals surface area (Å²) in [7, 11) is 1.75. The molecule has 1 amide bonds. The van der Waals surface area contributed by atoms with Crippen molar-refractivity contribution in [3.8, 4) is 0 Å². The highest BCUT2D eigenvalue weighted by atomic mass is 127.